The van der Waals surface area contributed by atoms with Gasteiger partial charge in [-0.15, -0.1) is 10.2 Å². The van der Waals surface area contributed by atoms with E-state index in [1.807, 2.05) is 10.8 Å². The summed E-state index contributed by atoms with van der Waals surface area (Å²) < 4.78 is 3.47. The third-order valence-corrected chi connectivity index (χ3v) is 3.09. The number of rotatable bonds is 8. The van der Waals surface area contributed by atoms with Crippen LogP contribution in [0.2, 0.25) is 0 Å². The number of nitrogens with zero attached hydrogens (tertiary/aromatic N) is 6. The molecule has 0 radical (unpaired) electrons. The Morgan fingerprint density at radius 1 is 1.43 bits per heavy atom. The van der Waals surface area contributed by atoms with Gasteiger partial charge in [0.2, 0.25) is 5.95 Å². The van der Waals surface area contributed by atoms with Crippen LogP contribution < -0.4 is 11.1 Å². The first-order valence-corrected chi connectivity index (χ1v) is 7.32. The number of imidazole rings is 1. The summed E-state index contributed by atoms with van der Waals surface area (Å²) >= 11 is 0. The van der Waals surface area contributed by atoms with Gasteiger partial charge in [0.1, 0.15) is 11.5 Å². The monoisotopic (exact) mass is 320 g/mol. The number of hydrogen-bond donors (Lipinski definition) is 3. The first-order chi connectivity index (χ1) is 11.1. The fraction of sp³-hybridized carbons (Fsp3) is 0.462. The lowest BCUT2D eigenvalue weighted by atomic mass is 10.4. The van der Waals surface area contributed by atoms with Crippen LogP contribution in [0.1, 0.15) is 19.8 Å². The van der Waals surface area contributed by atoms with Gasteiger partial charge in [-0.1, -0.05) is 6.92 Å². The average molecular weight is 320 g/mol. The van der Waals surface area contributed by atoms with E-state index < -0.39 is 6.09 Å². The van der Waals surface area contributed by atoms with E-state index in [9.17, 15) is 4.79 Å². The van der Waals surface area contributed by atoms with Crippen molar-refractivity contribution in [2.24, 2.45) is 10.2 Å². The zero-order chi connectivity index (χ0) is 16.7. The van der Waals surface area contributed by atoms with Crippen LogP contribution in [0.15, 0.2) is 28.8 Å². The Balaban J connectivity index is 1.97. The highest BCUT2D eigenvalue weighted by Gasteiger charge is 2.07. The molecule has 0 fully saturated rings. The standard InChI is InChI=1S/C13H20N8O2/c1-2-6-20-8-5-15-12(20)19-18-10-9-17-21(11(10)14)7-3-4-16-13(22)23/h5,8-9,16H,2-4,6-7,14H2,1H3,(H,22,23). The average Bonchev–Trinajstić information content (AvgIpc) is 3.09. The summed E-state index contributed by atoms with van der Waals surface area (Å²) in [6.45, 7) is 3.72. The number of nitrogen functional groups attached to an aromatic ring is 1. The summed E-state index contributed by atoms with van der Waals surface area (Å²) in [7, 11) is 0. The van der Waals surface area contributed by atoms with Crippen LogP contribution in [-0.2, 0) is 13.1 Å². The van der Waals surface area contributed by atoms with Gasteiger partial charge in [-0.2, -0.15) is 5.10 Å². The quantitative estimate of drug-likeness (QED) is 0.505. The van der Waals surface area contributed by atoms with Crippen molar-refractivity contribution in [3.63, 3.8) is 0 Å². The lowest BCUT2D eigenvalue weighted by Crippen LogP contribution is -2.23. The van der Waals surface area contributed by atoms with Crippen molar-refractivity contribution in [3.8, 4) is 0 Å². The first kappa shape index (κ1) is 16.5. The number of nitrogens with two attached hydrogens (primary N) is 1. The van der Waals surface area contributed by atoms with Gasteiger partial charge in [0.15, 0.2) is 0 Å². The van der Waals surface area contributed by atoms with Gasteiger partial charge in [-0.25, -0.2) is 14.5 Å². The number of hydrogen-bond acceptors (Lipinski definition) is 6. The van der Waals surface area contributed by atoms with Crippen LogP contribution in [0.3, 0.4) is 0 Å². The molecule has 2 rings (SSSR count). The first-order valence-electron chi connectivity index (χ1n) is 7.32. The highest BCUT2D eigenvalue weighted by atomic mass is 16.4. The van der Waals surface area contributed by atoms with E-state index >= 15 is 0 Å². The van der Waals surface area contributed by atoms with Crippen molar-refractivity contribution in [2.45, 2.75) is 32.9 Å². The Bertz CT molecular complexity index is 675. The molecule has 2 aromatic heterocycles. The molecule has 124 valence electrons. The number of carboxylic acid groups (broad SMARTS) is 1. The molecule has 0 unspecified atom stereocenters. The molecule has 0 atom stereocenters. The van der Waals surface area contributed by atoms with Gasteiger partial charge >= 0.3 is 6.09 Å². The third kappa shape index (κ3) is 4.53. The number of nitrogens with one attached hydrogen (secondary N) is 1. The van der Waals surface area contributed by atoms with Crippen molar-refractivity contribution in [2.75, 3.05) is 12.3 Å². The van der Waals surface area contributed by atoms with E-state index in [0.717, 1.165) is 13.0 Å². The minimum atomic E-state index is -1.05. The molecule has 2 heterocycles. The fourth-order valence-electron chi connectivity index (χ4n) is 1.98. The Hall–Kier alpha value is -2.91. The number of azo groups is 1. The summed E-state index contributed by atoms with van der Waals surface area (Å²) in [5.74, 6) is 0.905. The summed E-state index contributed by atoms with van der Waals surface area (Å²) in [5.41, 5.74) is 6.42. The number of amides is 1. The highest BCUT2D eigenvalue weighted by Crippen LogP contribution is 2.23. The summed E-state index contributed by atoms with van der Waals surface area (Å²) in [5, 5.41) is 23.1. The number of aryl methyl sites for hydroxylation is 2. The van der Waals surface area contributed by atoms with E-state index in [-0.39, 0.29) is 0 Å². The summed E-state index contributed by atoms with van der Waals surface area (Å²) in [4.78, 5) is 14.5. The smallest absolute Gasteiger partial charge is 0.404 e. The van der Waals surface area contributed by atoms with Crippen molar-refractivity contribution >= 4 is 23.5 Å². The second-order valence-electron chi connectivity index (χ2n) is 4.84. The van der Waals surface area contributed by atoms with E-state index in [0.29, 0.717) is 37.0 Å². The van der Waals surface area contributed by atoms with Crippen molar-refractivity contribution in [1.29, 1.82) is 0 Å². The molecule has 0 bridgehead atoms. The van der Waals surface area contributed by atoms with Crippen LogP contribution in [0.5, 0.6) is 0 Å². The molecule has 2 aromatic rings. The van der Waals surface area contributed by atoms with Gasteiger partial charge in [0.05, 0.1) is 6.20 Å². The third-order valence-electron chi connectivity index (χ3n) is 3.09. The van der Waals surface area contributed by atoms with Gasteiger partial charge in [0, 0.05) is 32.0 Å². The Morgan fingerprint density at radius 3 is 3.00 bits per heavy atom. The molecule has 0 saturated heterocycles. The zero-order valence-electron chi connectivity index (χ0n) is 12.9. The van der Waals surface area contributed by atoms with Crippen LogP contribution >= 0.6 is 0 Å². The van der Waals surface area contributed by atoms with E-state index in [4.69, 9.17) is 10.8 Å². The second-order valence-corrected chi connectivity index (χ2v) is 4.84. The molecule has 23 heavy (non-hydrogen) atoms. The minimum Gasteiger partial charge on any atom is -0.465 e. The van der Waals surface area contributed by atoms with E-state index in [1.165, 1.54) is 6.20 Å². The van der Waals surface area contributed by atoms with Crippen LogP contribution in [-0.4, -0.2) is 37.1 Å². The predicted octanol–water partition coefficient (Wildman–Crippen LogP) is 2.14. The lowest BCUT2D eigenvalue weighted by Gasteiger charge is -2.04. The molecule has 1 amide bonds. The van der Waals surface area contributed by atoms with Gasteiger partial charge in [-0.3, -0.25) is 0 Å². The molecule has 0 aromatic carbocycles. The zero-order valence-corrected chi connectivity index (χ0v) is 12.9. The van der Waals surface area contributed by atoms with Gasteiger partial charge < -0.3 is 20.7 Å². The second kappa shape index (κ2) is 7.92. The molecule has 0 aliphatic heterocycles. The summed E-state index contributed by atoms with van der Waals surface area (Å²) in [6.07, 6.45) is 5.55. The Labute approximate surface area is 133 Å². The maximum atomic E-state index is 10.4. The largest absolute Gasteiger partial charge is 0.465 e. The van der Waals surface area contributed by atoms with Crippen molar-refractivity contribution < 1.29 is 9.90 Å². The number of aromatic nitrogens is 4. The Morgan fingerprint density at radius 2 is 2.26 bits per heavy atom. The number of carbonyl (C=O) groups is 1. The van der Waals surface area contributed by atoms with Crippen LogP contribution in [0.4, 0.5) is 22.2 Å². The van der Waals surface area contributed by atoms with Crippen molar-refractivity contribution in [3.05, 3.63) is 18.6 Å². The lowest BCUT2D eigenvalue weighted by molar-refractivity contribution is 0.194. The molecule has 10 heteroatoms. The summed E-state index contributed by atoms with van der Waals surface area (Å²) in [6, 6.07) is 0. The maximum Gasteiger partial charge on any atom is 0.404 e. The van der Waals surface area contributed by atoms with Crippen molar-refractivity contribution in [1.82, 2.24) is 24.6 Å². The van der Waals surface area contributed by atoms with Crippen LogP contribution in [0.25, 0.3) is 0 Å². The number of anilines is 1. The molecule has 0 aliphatic carbocycles. The molecule has 0 aliphatic rings. The Kier molecular flexibility index (Phi) is 5.67. The normalized spacial score (nSPS) is 11.2. The van der Waals surface area contributed by atoms with E-state index in [1.54, 1.807) is 10.9 Å². The minimum absolute atomic E-state index is 0.333. The molecular formula is C13H20N8O2. The van der Waals surface area contributed by atoms with E-state index in [2.05, 4.69) is 32.6 Å². The molecule has 0 spiro atoms. The highest BCUT2D eigenvalue weighted by molar-refractivity contribution is 5.64. The van der Waals surface area contributed by atoms with Crippen LogP contribution in [0, 0.1) is 0 Å². The predicted molar refractivity (Wildman–Crippen MR) is 84.0 cm³/mol. The van der Waals surface area contributed by atoms with Gasteiger partial charge in [0.25, 0.3) is 0 Å². The topological polar surface area (TPSA) is 136 Å². The molecular weight excluding hydrogens is 300 g/mol. The molecule has 10 nitrogen and oxygen atoms in total. The van der Waals surface area contributed by atoms with Gasteiger partial charge in [-0.05, 0) is 12.8 Å². The fourth-order valence-corrected chi connectivity index (χ4v) is 1.98. The maximum absolute atomic E-state index is 10.4. The SMILES string of the molecule is CCCn1ccnc1N=Nc1cnn(CCCNC(=O)O)c1N. The molecule has 4 N–H and O–H groups in total. The molecule has 0 saturated carbocycles.